The van der Waals surface area contributed by atoms with Crippen molar-refractivity contribution in [1.29, 1.82) is 0 Å². The van der Waals surface area contributed by atoms with E-state index in [0.717, 1.165) is 5.56 Å². The lowest BCUT2D eigenvalue weighted by Crippen LogP contribution is -1.96. The molecule has 0 radical (unpaired) electrons. The minimum Gasteiger partial charge on any atom is -0.493 e. The van der Waals surface area contributed by atoms with Gasteiger partial charge in [0, 0.05) is 0 Å². The van der Waals surface area contributed by atoms with Crippen molar-refractivity contribution in [1.82, 2.24) is 0 Å². The molecule has 0 unspecified atom stereocenters. The highest BCUT2D eigenvalue weighted by molar-refractivity contribution is 5.87. The average molecular weight is 258 g/mol. The van der Waals surface area contributed by atoms with Crippen molar-refractivity contribution in [3.05, 3.63) is 53.6 Å². The Balaban J connectivity index is 2.25. The van der Waals surface area contributed by atoms with Crippen molar-refractivity contribution in [2.24, 2.45) is 0 Å². The van der Waals surface area contributed by atoms with Crippen molar-refractivity contribution in [2.75, 3.05) is 7.11 Å². The van der Waals surface area contributed by atoms with Crippen molar-refractivity contribution >= 4 is 5.97 Å². The van der Waals surface area contributed by atoms with E-state index < -0.39 is 5.97 Å². The van der Waals surface area contributed by atoms with E-state index in [0.29, 0.717) is 17.2 Å². The first-order chi connectivity index (χ1) is 9.10. The molecule has 98 valence electrons. The maximum atomic E-state index is 10.8. The molecule has 0 aliphatic carbocycles. The summed E-state index contributed by atoms with van der Waals surface area (Å²) < 4.78 is 10.9. The van der Waals surface area contributed by atoms with Crippen LogP contribution in [0.1, 0.15) is 15.9 Å². The number of aromatic carboxylic acids is 1. The van der Waals surface area contributed by atoms with Crippen LogP contribution in [-0.2, 0) is 0 Å². The standard InChI is InChI=1S/C15H14O4/c1-10-3-8-13(18-2)14(9-10)19-12-6-4-11(5-7-12)15(16)17/h3-9H,1-2H3,(H,16,17). The molecule has 0 saturated carbocycles. The lowest BCUT2D eigenvalue weighted by Gasteiger charge is -2.11. The van der Waals surface area contributed by atoms with Gasteiger partial charge in [-0.3, -0.25) is 0 Å². The highest BCUT2D eigenvalue weighted by Crippen LogP contribution is 2.32. The number of benzene rings is 2. The van der Waals surface area contributed by atoms with Gasteiger partial charge in [0.2, 0.25) is 0 Å². The fourth-order valence-electron chi connectivity index (χ4n) is 1.66. The molecule has 2 aromatic carbocycles. The van der Waals surface area contributed by atoms with Crippen molar-refractivity contribution < 1.29 is 19.4 Å². The zero-order chi connectivity index (χ0) is 13.8. The van der Waals surface area contributed by atoms with Crippen LogP contribution in [0, 0.1) is 6.92 Å². The van der Waals surface area contributed by atoms with E-state index >= 15 is 0 Å². The number of rotatable bonds is 4. The summed E-state index contributed by atoms with van der Waals surface area (Å²) in [6.07, 6.45) is 0. The highest BCUT2D eigenvalue weighted by Gasteiger charge is 2.07. The molecule has 4 nitrogen and oxygen atoms in total. The zero-order valence-corrected chi connectivity index (χ0v) is 10.7. The second kappa shape index (κ2) is 5.44. The van der Waals surface area contributed by atoms with Crippen LogP contribution in [0.15, 0.2) is 42.5 Å². The van der Waals surface area contributed by atoms with Crippen molar-refractivity contribution in [2.45, 2.75) is 6.92 Å². The second-order valence-corrected chi connectivity index (χ2v) is 4.09. The predicted molar refractivity (Wildman–Crippen MR) is 71.2 cm³/mol. The van der Waals surface area contributed by atoms with E-state index in [9.17, 15) is 4.79 Å². The molecule has 2 aromatic rings. The van der Waals surface area contributed by atoms with Gasteiger partial charge in [-0.25, -0.2) is 4.79 Å². The summed E-state index contributed by atoms with van der Waals surface area (Å²) >= 11 is 0. The van der Waals surface area contributed by atoms with Gasteiger partial charge in [0.15, 0.2) is 11.5 Å². The Kier molecular flexibility index (Phi) is 3.71. The van der Waals surface area contributed by atoms with Gasteiger partial charge >= 0.3 is 5.97 Å². The number of ether oxygens (including phenoxy) is 2. The summed E-state index contributed by atoms with van der Waals surface area (Å²) in [5.74, 6) is 0.840. The molecule has 0 saturated heterocycles. The lowest BCUT2D eigenvalue weighted by atomic mass is 10.2. The van der Waals surface area contributed by atoms with E-state index in [4.69, 9.17) is 14.6 Å². The number of carboxylic acids is 1. The molecule has 0 aliphatic heterocycles. The van der Waals surface area contributed by atoms with Gasteiger partial charge in [0.25, 0.3) is 0 Å². The quantitative estimate of drug-likeness (QED) is 0.912. The molecule has 0 aromatic heterocycles. The van der Waals surface area contributed by atoms with Gasteiger partial charge < -0.3 is 14.6 Å². The number of methoxy groups -OCH3 is 1. The Hall–Kier alpha value is -2.49. The van der Waals surface area contributed by atoms with Crippen LogP contribution in [0.4, 0.5) is 0 Å². The topological polar surface area (TPSA) is 55.8 Å². The van der Waals surface area contributed by atoms with Gasteiger partial charge in [-0.2, -0.15) is 0 Å². The molecule has 0 bridgehead atoms. The summed E-state index contributed by atoms with van der Waals surface area (Å²) in [7, 11) is 1.57. The number of carbonyl (C=O) groups is 1. The Bertz CT molecular complexity index is 588. The minimum atomic E-state index is -0.959. The first-order valence-electron chi connectivity index (χ1n) is 5.76. The van der Waals surface area contributed by atoms with Crippen molar-refractivity contribution in [3.8, 4) is 17.2 Å². The maximum absolute atomic E-state index is 10.8. The minimum absolute atomic E-state index is 0.226. The molecular formula is C15H14O4. The van der Waals surface area contributed by atoms with Gasteiger partial charge in [-0.15, -0.1) is 0 Å². The molecule has 0 amide bonds. The number of carboxylic acid groups (broad SMARTS) is 1. The Labute approximate surface area is 111 Å². The van der Waals surface area contributed by atoms with E-state index in [1.54, 1.807) is 19.2 Å². The fraction of sp³-hybridized carbons (Fsp3) is 0.133. The Morgan fingerprint density at radius 2 is 1.74 bits per heavy atom. The van der Waals surface area contributed by atoms with Crippen LogP contribution in [-0.4, -0.2) is 18.2 Å². The van der Waals surface area contributed by atoms with Crippen LogP contribution in [0.3, 0.4) is 0 Å². The van der Waals surface area contributed by atoms with Crippen LogP contribution < -0.4 is 9.47 Å². The van der Waals surface area contributed by atoms with Gasteiger partial charge in [-0.1, -0.05) is 6.07 Å². The van der Waals surface area contributed by atoms with E-state index in [-0.39, 0.29) is 5.56 Å². The molecule has 1 N–H and O–H groups in total. The molecule has 0 aliphatic rings. The summed E-state index contributed by atoms with van der Waals surface area (Å²) in [5.41, 5.74) is 1.28. The number of hydrogen-bond acceptors (Lipinski definition) is 3. The maximum Gasteiger partial charge on any atom is 0.335 e. The second-order valence-electron chi connectivity index (χ2n) is 4.09. The van der Waals surface area contributed by atoms with Crippen molar-refractivity contribution in [3.63, 3.8) is 0 Å². The molecule has 0 atom stereocenters. The largest absolute Gasteiger partial charge is 0.493 e. The van der Waals surface area contributed by atoms with Gasteiger partial charge in [-0.05, 0) is 48.9 Å². The third-order valence-corrected chi connectivity index (χ3v) is 2.65. The molecule has 0 spiro atoms. The van der Waals surface area contributed by atoms with Crippen LogP contribution in [0.2, 0.25) is 0 Å². The SMILES string of the molecule is COc1ccc(C)cc1Oc1ccc(C(=O)O)cc1. The van der Waals surface area contributed by atoms with Gasteiger partial charge in [0.05, 0.1) is 12.7 Å². The monoisotopic (exact) mass is 258 g/mol. The molecule has 0 fully saturated rings. The molecule has 4 heteroatoms. The average Bonchev–Trinajstić information content (AvgIpc) is 2.39. The number of aryl methyl sites for hydroxylation is 1. The molecule has 0 heterocycles. The normalized spacial score (nSPS) is 10.0. The Morgan fingerprint density at radius 1 is 1.05 bits per heavy atom. The summed E-state index contributed by atoms with van der Waals surface area (Å²) in [5, 5.41) is 8.82. The summed E-state index contributed by atoms with van der Waals surface area (Å²) in [6, 6.07) is 11.9. The van der Waals surface area contributed by atoms with E-state index in [1.807, 2.05) is 25.1 Å². The summed E-state index contributed by atoms with van der Waals surface area (Å²) in [6.45, 7) is 1.96. The van der Waals surface area contributed by atoms with Gasteiger partial charge in [0.1, 0.15) is 5.75 Å². The Morgan fingerprint density at radius 3 is 2.32 bits per heavy atom. The lowest BCUT2D eigenvalue weighted by molar-refractivity contribution is 0.0697. The molecule has 19 heavy (non-hydrogen) atoms. The van der Waals surface area contributed by atoms with E-state index in [2.05, 4.69) is 0 Å². The fourth-order valence-corrected chi connectivity index (χ4v) is 1.66. The smallest absolute Gasteiger partial charge is 0.335 e. The van der Waals surface area contributed by atoms with Crippen LogP contribution >= 0.6 is 0 Å². The third-order valence-electron chi connectivity index (χ3n) is 2.65. The first kappa shape index (κ1) is 13.0. The van der Waals surface area contributed by atoms with Crippen LogP contribution in [0.5, 0.6) is 17.2 Å². The zero-order valence-electron chi connectivity index (χ0n) is 10.7. The molecular weight excluding hydrogens is 244 g/mol. The van der Waals surface area contributed by atoms with E-state index in [1.165, 1.54) is 12.1 Å². The highest BCUT2D eigenvalue weighted by atomic mass is 16.5. The predicted octanol–water partition coefficient (Wildman–Crippen LogP) is 3.49. The summed E-state index contributed by atoms with van der Waals surface area (Å²) in [4.78, 5) is 10.8. The number of hydrogen-bond donors (Lipinski definition) is 1. The first-order valence-corrected chi connectivity index (χ1v) is 5.76. The molecule has 2 rings (SSSR count). The van der Waals surface area contributed by atoms with Crippen LogP contribution in [0.25, 0.3) is 0 Å². The third kappa shape index (κ3) is 3.04.